The molecular weight excluding hydrogens is 190 g/mol. The summed E-state index contributed by atoms with van der Waals surface area (Å²) >= 11 is 0. The van der Waals surface area contributed by atoms with Gasteiger partial charge in [0.2, 0.25) is 0 Å². The zero-order valence-electron chi connectivity index (χ0n) is 9.04. The van der Waals surface area contributed by atoms with E-state index in [0.29, 0.717) is 12.2 Å². The Kier molecular flexibility index (Phi) is 2.49. The zero-order chi connectivity index (χ0) is 11.0. The quantitative estimate of drug-likeness (QED) is 0.744. The van der Waals surface area contributed by atoms with Crippen LogP contribution in [0.5, 0.6) is 5.75 Å². The first-order valence-corrected chi connectivity index (χ1v) is 5.15. The highest BCUT2D eigenvalue weighted by Gasteiger charge is 2.19. The van der Waals surface area contributed by atoms with E-state index in [4.69, 9.17) is 10.5 Å². The van der Waals surface area contributed by atoms with Gasteiger partial charge in [0, 0.05) is 12.0 Å². The Morgan fingerprint density at radius 1 is 1.53 bits per heavy atom. The number of fused-ring (bicyclic) bond motifs is 1. The van der Waals surface area contributed by atoms with Gasteiger partial charge in [0.25, 0.3) is 0 Å². The van der Waals surface area contributed by atoms with Crippen molar-refractivity contribution in [2.45, 2.75) is 26.3 Å². The molecule has 1 atom stereocenters. The Balaban J connectivity index is 2.44. The van der Waals surface area contributed by atoms with Gasteiger partial charge in [-0.15, -0.1) is 0 Å². The van der Waals surface area contributed by atoms with Gasteiger partial charge in [-0.25, -0.2) is 0 Å². The molecule has 1 unspecified atom stereocenters. The van der Waals surface area contributed by atoms with E-state index < -0.39 is 6.04 Å². The van der Waals surface area contributed by atoms with E-state index >= 15 is 0 Å². The largest absolute Gasteiger partial charge is 0.493 e. The van der Waals surface area contributed by atoms with Crippen molar-refractivity contribution in [2.75, 3.05) is 6.61 Å². The number of ether oxygens (including phenoxy) is 1. The SMILES string of the molecule is Cc1cc(C(=O)C(C)N)cc2c1OCC2. The summed E-state index contributed by atoms with van der Waals surface area (Å²) in [5.41, 5.74) is 8.43. The van der Waals surface area contributed by atoms with Gasteiger partial charge in [-0.05, 0) is 37.1 Å². The summed E-state index contributed by atoms with van der Waals surface area (Å²) in [6, 6.07) is 3.32. The molecule has 0 saturated carbocycles. The number of ketones is 1. The van der Waals surface area contributed by atoms with Crippen molar-refractivity contribution in [2.24, 2.45) is 5.73 Å². The van der Waals surface area contributed by atoms with Gasteiger partial charge in [-0.2, -0.15) is 0 Å². The molecule has 15 heavy (non-hydrogen) atoms. The smallest absolute Gasteiger partial charge is 0.179 e. The van der Waals surface area contributed by atoms with Gasteiger partial charge in [0.1, 0.15) is 5.75 Å². The number of hydrogen-bond acceptors (Lipinski definition) is 3. The maximum Gasteiger partial charge on any atom is 0.179 e. The molecule has 0 amide bonds. The number of Topliss-reactive ketones (excluding diaryl/α,β-unsaturated/α-hetero) is 1. The van der Waals surface area contributed by atoms with Gasteiger partial charge in [0.15, 0.2) is 5.78 Å². The zero-order valence-corrected chi connectivity index (χ0v) is 9.04. The van der Waals surface area contributed by atoms with Crippen LogP contribution in [-0.2, 0) is 6.42 Å². The first-order valence-electron chi connectivity index (χ1n) is 5.15. The van der Waals surface area contributed by atoms with E-state index in [1.165, 1.54) is 0 Å². The molecule has 3 heteroatoms. The number of aryl methyl sites for hydroxylation is 1. The van der Waals surface area contributed by atoms with Crippen LogP contribution in [0.3, 0.4) is 0 Å². The first-order chi connectivity index (χ1) is 7.09. The third-order valence-corrected chi connectivity index (χ3v) is 2.67. The van der Waals surface area contributed by atoms with Crippen molar-refractivity contribution in [1.82, 2.24) is 0 Å². The monoisotopic (exact) mass is 205 g/mol. The Bertz CT molecular complexity index is 410. The van der Waals surface area contributed by atoms with Crippen molar-refractivity contribution in [3.8, 4) is 5.75 Å². The van der Waals surface area contributed by atoms with Crippen LogP contribution in [0.2, 0.25) is 0 Å². The molecule has 1 aliphatic heterocycles. The molecule has 1 heterocycles. The van der Waals surface area contributed by atoms with Crippen LogP contribution in [0.25, 0.3) is 0 Å². The van der Waals surface area contributed by atoms with Crippen LogP contribution in [0.4, 0.5) is 0 Å². The fourth-order valence-electron chi connectivity index (χ4n) is 1.91. The Morgan fingerprint density at radius 3 is 2.93 bits per heavy atom. The molecule has 2 rings (SSSR count). The minimum absolute atomic E-state index is 0.00667. The maximum absolute atomic E-state index is 11.7. The Labute approximate surface area is 89.2 Å². The van der Waals surface area contributed by atoms with Crippen LogP contribution in [0, 0.1) is 6.92 Å². The lowest BCUT2D eigenvalue weighted by atomic mass is 9.99. The minimum Gasteiger partial charge on any atom is -0.493 e. The van der Waals surface area contributed by atoms with Crippen LogP contribution >= 0.6 is 0 Å². The fraction of sp³-hybridized carbons (Fsp3) is 0.417. The highest BCUT2D eigenvalue weighted by atomic mass is 16.5. The highest BCUT2D eigenvalue weighted by molar-refractivity contribution is 6.00. The van der Waals surface area contributed by atoms with Crippen LogP contribution in [-0.4, -0.2) is 18.4 Å². The third kappa shape index (κ3) is 1.75. The summed E-state index contributed by atoms with van der Waals surface area (Å²) in [4.78, 5) is 11.7. The van der Waals surface area contributed by atoms with Crippen molar-refractivity contribution in [3.05, 3.63) is 28.8 Å². The lowest BCUT2D eigenvalue weighted by molar-refractivity contribution is 0.0968. The summed E-state index contributed by atoms with van der Waals surface area (Å²) in [5.74, 6) is 0.934. The van der Waals surface area contributed by atoms with Gasteiger partial charge < -0.3 is 10.5 Å². The second-order valence-electron chi connectivity index (χ2n) is 4.03. The van der Waals surface area contributed by atoms with E-state index in [-0.39, 0.29) is 5.78 Å². The average Bonchev–Trinajstić information content (AvgIpc) is 2.64. The molecule has 0 fully saturated rings. The van der Waals surface area contributed by atoms with Gasteiger partial charge in [-0.3, -0.25) is 4.79 Å². The van der Waals surface area contributed by atoms with E-state index in [1.54, 1.807) is 6.92 Å². The molecule has 1 aromatic rings. The molecule has 0 radical (unpaired) electrons. The topological polar surface area (TPSA) is 52.3 Å². The lowest BCUT2D eigenvalue weighted by Crippen LogP contribution is -2.26. The first kappa shape index (κ1) is 10.2. The summed E-state index contributed by atoms with van der Waals surface area (Å²) in [6.07, 6.45) is 0.885. The second kappa shape index (κ2) is 3.66. The van der Waals surface area contributed by atoms with Crippen LogP contribution < -0.4 is 10.5 Å². The summed E-state index contributed by atoms with van der Waals surface area (Å²) in [6.45, 7) is 4.38. The van der Waals surface area contributed by atoms with Crippen molar-refractivity contribution in [3.63, 3.8) is 0 Å². The summed E-state index contributed by atoms with van der Waals surface area (Å²) < 4.78 is 5.48. The molecule has 1 aromatic carbocycles. The van der Waals surface area contributed by atoms with Gasteiger partial charge in [0.05, 0.1) is 12.6 Å². The Morgan fingerprint density at radius 2 is 2.27 bits per heavy atom. The predicted molar refractivity (Wildman–Crippen MR) is 58.4 cm³/mol. The third-order valence-electron chi connectivity index (χ3n) is 2.67. The number of benzene rings is 1. The predicted octanol–water partition coefficient (Wildman–Crippen LogP) is 1.46. The maximum atomic E-state index is 11.7. The molecule has 1 aliphatic rings. The van der Waals surface area contributed by atoms with Crippen molar-refractivity contribution >= 4 is 5.78 Å². The van der Waals surface area contributed by atoms with E-state index in [2.05, 4.69) is 0 Å². The number of nitrogens with two attached hydrogens (primary N) is 1. The standard InChI is InChI=1S/C12H15NO2/c1-7-5-10(11(14)8(2)13)6-9-3-4-15-12(7)9/h5-6,8H,3-4,13H2,1-2H3. The molecular formula is C12H15NO2. The molecule has 3 nitrogen and oxygen atoms in total. The van der Waals surface area contributed by atoms with Gasteiger partial charge in [-0.1, -0.05) is 0 Å². The number of rotatable bonds is 2. The highest BCUT2D eigenvalue weighted by Crippen LogP contribution is 2.30. The fourth-order valence-corrected chi connectivity index (χ4v) is 1.91. The van der Waals surface area contributed by atoms with Crippen LogP contribution in [0.1, 0.15) is 28.4 Å². The normalized spacial score (nSPS) is 15.7. The van der Waals surface area contributed by atoms with Crippen molar-refractivity contribution in [1.29, 1.82) is 0 Å². The molecule has 0 saturated heterocycles. The number of carbonyl (C=O) groups is 1. The average molecular weight is 205 g/mol. The summed E-state index contributed by atoms with van der Waals surface area (Å²) in [7, 11) is 0. The molecule has 80 valence electrons. The number of carbonyl (C=O) groups excluding carboxylic acids is 1. The number of hydrogen-bond donors (Lipinski definition) is 1. The van der Waals surface area contributed by atoms with E-state index in [0.717, 1.165) is 23.3 Å². The van der Waals surface area contributed by atoms with E-state index in [9.17, 15) is 4.79 Å². The second-order valence-corrected chi connectivity index (χ2v) is 4.03. The molecule has 2 N–H and O–H groups in total. The minimum atomic E-state index is -0.440. The summed E-state index contributed by atoms with van der Waals surface area (Å²) in [5, 5.41) is 0. The molecule has 0 aliphatic carbocycles. The van der Waals surface area contributed by atoms with Crippen molar-refractivity contribution < 1.29 is 9.53 Å². The van der Waals surface area contributed by atoms with Crippen LogP contribution in [0.15, 0.2) is 12.1 Å². The van der Waals surface area contributed by atoms with E-state index in [1.807, 2.05) is 19.1 Å². The van der Waals surface area contributed by atoms with Gasteiger partial charge >= 0.3 is 0 Å². The molecule has 0 spiro atoms. The lowest BCUT2D eigenvalue weighted by Gasteiger charge is -2.08. The Hall–Kier alpha value is -1.35. The molecule has 0 bridgehead atoms. The molecule has 0 aromatic heterocycles.